The van der Waals surface area contributed by atoms with Crippen LogP contribution in [0.2, 0.25) is 0 Å². The Morgan fingerprint density at radius 2 is 1.67 bits per heavy atom. The zero-order valence-electron chi connectivity index (χ0n) is 18.8. The SMILES string of the molecule is Cc1cccc(CNC(=O)C2CC(=O)N(c3cccc(C(=O)Nc4cccc(C)c4)c3)C2)c1. The predicted molar refractivity (Wildman–Crippen MR) is 129 cm³/mol. The van der Waals surface area contributed by atoms with E-state index in [0.29, 0.717) is 30.0 Å². The Morgan fingerprint density at radius 3 is 2.42 bits per heavy atom. The second-order valence-electron chi connectivity index (χ2n) is 8.49. The Bertz CT molecular complexity index is 1200. The lowest BCUT2D eigenvalue weighted by atomic mass is 10.1. The summed E-state index contributed by atoms with van der Waals surface area (Å²) in [5, 5.41) is 5.82. The van der Waals surface area contributed by atoms with Crippen LogP contribution in [-0.4, -0.2) is 24.3 Å². The van der Waals surface area contributed by atoms with Gasteiger partial charge < -0.3 is 15.5 Å². The number of carbonyl (C=O) groups is 3. The summed E-state index contributed by atoms with van der Waals surface area (Å²) in [5.74, 6) is -0.934. The Balaban J connectivity index is 1.40. The number of hydrogen-bond acceptors (Lipinski definition) is 3. The van der Waals surface area contributed by atoms with Crippen LogP contribution in [-0.2, 0) is 16.1 Å². The van der Waals surface area contributed by atoms with Crippen molar-refractivity contribution < 1.29 is 14.4 Å². The molecule has 0 spiro atoms. The van der Waals surface area contributed by atoms with Gasteiger partial charge in [0.15, 0.2) is 0 Å². The zero-order valence-corrected chi connectivity index (χ0v) is 18.8. The van der Waals surface area contributed by atoms with Crippen molar-refractivity contribution in [3.8, 4) is 0 Å². The van der Waals surface area contributed by atoms with E-state index < -0.39 is 5.92 Å². The quantitative estimate of drug-likeness (QED) is 0.601. The largest absolute Gasteiger partial charge is 0.352 e. The van der Waals surface area contributed by atoms with Crippen molar-refractivity contribution in [2.75, 3.05) is 16.8 Å². The Labute approximate surface area is 193 Å². The van der Waals surface area contributed by atoms with Gasteiger partial charge in [-0.25, -0.2) is 0 Å². The molecule has 4 rings (SSSR count). The number of benzene rings is 3. The van der Waals surface area contributed by atoms with E-state index in [-0.39, 0.29) is 24.1 Å². The smallest absolute Gasteiger partial charge is 0.255 e. The van der Waals surface area contributed by atoms with Crippen molar-refractivity contribution in [2.45, 2.75) is 26.8 Å². The Morgan fingerprint density at radius 1 is 0.939 bits per heavy atom. The van der Waals surface area contributed by atoms with E-state index in [0.717, 1.165) is 16.7 Å². The molecule has 0 radical (unpaired) electrons. The number of anilines is 2. The van der Waals surface area contributed by atoms with Gasteiger partial charge in [-0.15, -0.1) is 0 Å². The summed E-state index contributed by atoms with van der Waals surface area (Å²) in [6.45, 7) is 4.69. The summed E-state index contributed by atoms with van der Waals surface area (Å²) in [7, 11) is 0. The molecule has 33 heavy (non-hydrogen) atoms. The molecule has 0 aromatic heterocycles. The molecule has 1 aliphatic rings. The van der Waals surface area contributed by atoms with E-state index in [1.165, 1.54) is 0 Å². The molecule has 3 aromatic carbocycles. The van der Waals surface area contributed by atoms with Crippen molar-refractivity contribution in [1.82, 2.24) is 5.32 Å². The normalized spacial score (nSPS) is 15.4. The Kier molecular flexibility index (Phi) is 6.54. The van der Waals surface area contributed by atoms with Crippen LogP contribution in [0.4, 0.5) is 11.4 Å². The molecular weight excluding hydrogens is 414 g/mol. The van der Waals surface area contributed by atoms with E-state index >= 15 is 0 Å². The van der Waals surface area contributed by atoms with Gasteiger partial charge in [-0.05, 0) is 55.3 Å². The third-order valence-corrected chi connectivity index (χ3v) is 5.74. The second kappa shape index (κ2) is 9.69. The molecule has 168 valence electrons. The molecular formula is C27H27N3O3. The fourth-order valence-electron chi connectivity index (χ4n) is 4.03. The summed E-state index contributed by atoms with van der Waals surface area (Å²) < 4.78 is 0. The molecule has 3 aromatic rings. The van der Waals surface area contributed by atoms with Crippen LogP contribution < -0.4 is 15.5 Å². The minimum atomic E-state index is -0.424. The first-order chi connectivity index (χ1) is 15.9. The van der Waals surface area contributed by atoms with Gasteiger partial charge in [-0.3, -0.25) is 14.4 Å². The highest BCUT2D eigenvalue weighted by molar-refractivity contribution is 6.06. The maximum absolute atomic E-state index is 12.7. The average Bonchev–Trinajstić information content (AvgIpc) is 3.19. The minimum Gasteiger partial charge on any atom is -0.352 e. The summed E-state index contributed by atoms with van der Waals surface area (Å²) in [5.41, 5.74) is 5.00. The number of aryl methyl sites for hydroxylation is 2. The monoisotopic (exact) mass is 441 g/mol. The summed E-state index contributed by atoms with van der Waals surface area (Å²) >= 11 is 0. The molecule has 1 atom stereocenters. The lowest BCUT2D eigenvalue weighted by Crippen LogP contribution is -2.32. The first-order valence-electron chi connectivity index (χ1n) is 11.0. The van der Waals surface area contributed by atoms with E-state index in [9.17, 15) is 14.4 Å². The van der Waals surface area contributed by atoms with Gasteiger partial charge in [-0.1, -0.05) is 48.0 Å². The molecule has 0 saturated carbocycles. The van der Waals surface area contributed by atoms with Gasteiger partial charge >= 0.3 is 0 Å². The standard InChI is InChI=1S/C27H27N3O3/c1-18-6-3-8-20(12-18)16-28-26(32)22-15-25(31)30(17-22)24-11-5-9-21(14-24)27(33)29-23-10-4-7-19(2)13-23/h3-14,22H,15-17H2,1-2H3,(H,28,32)(H,29,33). The van der Waals surface area contributed by atoms with Crippen LogP contribution in [0.25, 0.3) is 0 Å². The maximum atomic E-state index is 12.7. The van der Waals surface area contributed by atoms with Gasteiger partial charge in [0.25, 0.3) is 5.91 Å². The molecule has 3 amide bonds. The van der Waals surface area contributed by atoms with E-state index in [1.807, 2.05) is 62.4 Å². The van der Waals surface area contributed by atoms with Crippen LogP contribution in [0.15, 0.2) is 72.8 Å². The molecule has 1 fully saturated rings. The van der Waals surface area contributed by atoms with E-state index in [1.54, 1.807) is 29.2 Å². The van der Waals surface area contributed by atoms with Crippen LogP contribution in [0.1, 0.15) is 33.5 Å². The van der Waals surface area contributed by atoms with Crippen LogP contribution in [0.3, 0.4) is 0 Å². The van der Waals surface area contributed by atoms with E-state index in [2.05, 4.69) is 10.6 Å². The topological polar surface area (TPSA) is 78.5 Å². The molecule has 0 aliphatic carbocycles. The van der Waals surface area contributed by atoms with Crippen LogP contribution in [0.5, 0.6) is 0 Å². The Hall–Kier alpha value is -3.93. The summed E-state index contributed by atoms with van der Waals surface area (Å²) in [4.78, 5) is 39.6. The minimum absolute atomic E-state index is 0.123. The third-order valence-electron chi connectivity index (χ3n) is 5.74. The van der Waals surface area contributed by atoms with Gasteiger partial charge in [0.05, 0.1) is 5.92 Å². The van der Waals surface area contributed by atoms with Crippen molar-refractivity contribution in [3.05, 3.63) is 95.1 Å². The van der Waals surface area contributed by atoms with Crippen LogP contribution in [0, 0.1) is 19.8 Å². The molecule has 1 aliphatic heterocycles. The average molecular weight is 442 g/mol. The number of nitrogens with zero attached hydrogens (tertiary/aromatic N) is 1. The van der Waals surface area contributed by atoms with Crippen molar-refractivity contribution in [1.29, 1.82) is 0 Å². The highest BCUT2D eigenvalue weighted by Gasteiger charge is 2.35. The van der Waals surface area contributed by atoms with Gasteiger partial charge in [0.2, 0.25) is 11.8 Å². The van der Waals surface area contributed by atoms with Gasteiger partial charge in [0.1, 0.15) is 0 Å². The fraction of sp³-hybridized carbons (Fsp3) is 0.222. The zero-order chi connectivity index (χ0) is 23.4. The number of hydrogen-bond donors (Lipinski definition) is 2. The molecule has 6 heteroatoms. The maximum Gasteiger partial charge on any atom is 0.255 e. The molecule has 0 bridgehead atoms. The predicted octanol–water partition coefficient (Wildman–Crippen LogP) is 4.23. The van der Waals surface area contributed by atoms with Crippen LogP contribution >= 0.6 is 0 Å². The fourth-order valence-corrected chi connectivity index (χ4v) is 4.03. The molecule has 2 N–H and O–H groups in total. The van der Waals surface area contributed by atoms with E-state index in [4.69, 9.17) is 0 Å². The number of rotatable bonds is 6. The van der Waals surface area contributed by atoms with Gasteiger partial charge in [-0.2, -0.15) is 0 Å². The molecule has 1 heterocycles. The van der Waals surface area contributed by atoms with Gasteiger partial charge in [0, 0.05) is 36.4 Å². The number of nitrogens with one attached hydrogen (secondary N) is 2. The van der Waals surface area contributed by atoms with Crippen molar-refractivity contribution in [2.24, 2.45) is 5.92 Å². The van der Waals surface area contributed by atoms with Crippen molar-refractivity contribution >= 4 is 29.1 Å². The first-order valence-corrected chi connectivity index (χ1v) is 11.0. The second-order valence-corrected chi connectivity index (χ2v) is 8.49. The lowest BCUT2D eigenvalue weighted by molar-refractivity contribution is -0.126. The molecule has 1 unspecified atom stereocenters. The lowest BCUT2D eigenvalue weighted by Gasteiger charge is -2.18. The number of carbonyl (C=O) groups excluding carboxylic acids is 3. The highest BCUT2D eigenvalue weighted by atomic mass is 16.2. The summed E-state index contributed by atoms with van der Waals surface area (Å²) in [6.07, 6.45) is 0.152. The molecule has 6 nitrogen and oxygen atoms in total. The summed E-state index contributed by atoms with van der Waals surface area (Å²) in [6, 6.07) is 22.5. The first kappa shape index (κ1) is 22.3. The molecule has 1 saturated heterocycles. The highest BCUT2D eigenvalue weighted by Crippen LogP contribution is 2.26. The number of amides is 3. The third kappa shape index (κ3) is 5.47. The van der Waals surface area contributed by atoms with Crippen molar-refractivity contribution in [3.63, 3.8) is 0 Å².